The number of nitrogens with zero attached hydrogens (tertiary/aromatic N) is 1. The second kappa shape index (κ2) is 8.56. The van der Waals surface area contributed by atoms with Gasteiger partial charge in [-0.15, -0.1) is 11.6 Å². The Morgan fingerprint density at radius 2 is 1.96 bits per heavy atom. The van der Waals surface area contributed by atoms with Crippen molar-refractivity contribution in [2.45, 2.75) is 12.8 Å². The van der Waals surface area contributed by atoms with Crippen LogP contribution in [-0.2, 0) is 12.8 Å². The Kier molecular flexibility index (Phi) is 6.17. The first-order valence-corrected chi connectivity index (χ1v) is 9.41. The molecule has 1 aliphatic carbocycles. The van der Waals surface area contributed by atoms with E-state index in [9.17, 15) is 9.90 Å². The Labute approximate surface area is 159 Å². The number of benzene rings is 2. The third kappa shape index (κ3) is 4.02. The molecule has 1 unspecified atom stereocenters. The summed E-state index contributed by atoms with van der Waals surface area (Å²) in [6, 6.07) is 13.9. The van der Waals surface area contributed by atoms with Crippen LogP contribution >= 0.6 is 11.6 Å². The molecule has 2 aromatic rings. The molecular weight excluding hydrogens is 350 g/mol. The quantitative estimate of drug-likeness (QED) is 0.721. The Hall–Kier alpha value is -2.04. The molecule has 0 amide bonds. The Balaban J connectivity index is 1.69. The summed E-state index contributed by atoms with van der Waals surface area (Å²) in [6.07, 6.45) is 1.49. The molecule has 4 nitrogen and oxygen atoms in total. The summed E-state index contributed by atoms with van der Waals surface area (Å²) in [5, 5.41) is 9.19. The lowest BCUT2D eigenvalue weighted by molar-refractivity contribution is 0.0936. The van der Waals surface area contributed by atoms with Crippen LogP contribution in [0.2, 0.25) is 0 Å². The number of hydrogen-bond donors (Lipinski definition) is 1. The highest BCUT2D eigenvalue weighted by molar-refractivity contribution is 6.18. The molecule has 138 valence electrons. The van der Waals surface area contributed by atoms with Crippen LogP contribution in [0.5, 0.6) is 5.75 Å². The first-order chi connectivity index (χ1) is 12.7. The maximum absolute atomic E-state index is 12.7. The predicted molar refractivity (Wildman–Crippen MR) is 105 cm³/mol. The minimum Gasteiger partial charge on any atom is -0.497 e. The van der Waals surface area contributed by atoms with Gasteiger partial charge in [-0.1, -0.05) is 12.1 Å². The van der Waals surface area contributed by atoms with Crippen molar-refractivity contribution in [3.63, 3.8) is 0 Å². The van der Waals surface area contributed by atoms with Gasteiger partial charge in [0.15, 0.2) is 5.78 Å². The van der Waals surface area contributed by atoms with E-state index < -0.39 is 0 Å². The number of aliphatic hydroxyl groups is 1. The summed E-state index contributed by atoms with van der Waals surface area (Å²) < 4.78 is 5.26. The molecule has 0 saturated heterocycles. The van der Waals surface area contributed by atoms with Gasteiger partial charge in [-0.05, 0) is 54.3 Å². The SMILES string of the molecule is COc1ccc2c(c1)CC(Cc1ccc(N(CCO)CCCl)cc1)C2=O. The number of rotatable bonds is 8. The first-order valence-electron chi connectivity index (χ1n) is 8.88. The Bertz CT molecular complexity index is 754. The molecule has 1 atom stereocenters. The van der Waals surface area contributed by atoms with Crippen molar-refractivity contribution >= 4 is 23.1 Å². The molecule has 0 saturated carbocycles. The molecule has 0 spiro atoms. The highest BCUT2D eigenvalue weighted by Crippen LogP contribution is 2.32. The number of hydrogen-bond acceptors (Lipinski definition) is 4. The normalized spacial score (nSPS) is 15.8. The van der Waals surface area contributed by atoms with Crippen LogP contribution in [0.25, 0.3) is 0 Å². The Morgan fingerprint density at radius 3 is 2.62 bits per heavy atom. The zero-order chi connectivity index (χ0) is 18.5. The lowest BCUT2D eigenvalue weighted by atomic mass is 9.95. The first kappa shape index (κ1) is 18.7. The smallest absolute Gasteiger partial charge is 0.166 e. The van der Waals surface area contributed by atoms with Gasteiger partial charge < -0.3 is 14.7 Å². The van der Waals surface area contributed by atoms with Crippen LogP contribution in [0.4, 0.5) is 5.69 Å². The maximum Gasteiger partial charge on any atom is 0.166 e. The van der Waals surface area contributed by atoms with E-state index in [1.165, 1.54) is 0 Å². The number of aliphatic hydroxyl groups excluding tert-OH is 1. The fourth-order valence-corrected chi connectivity index (χ4v) is 3.77. The third-order valence-electron chi connectivity index (χ3n) is 4.92. The molecule has 0 bridgehead atoms. The minimum absolute atomic E-state index is 0.0145. The standard InChI is InChI=1S/C21H24ClNO3/c1-26-19-6-7-20-16(14-19)13-17(21(20)25)12-15-2-4-18(5-3-15)23(9-8-22)10-11-24/h2-7,14,17,24H,8-13H2,1H3. The number of carbonyl (C=O) groups excluding carboxylic acids is 1. The summed E-state index contributed by atoms with van der Waals surface area (Å²) >= 11 is 5.84. The summed E-state index contributed by atoms with van der Waals surface area (Å²) in [5.41, 5.74) is 4.08. The van der Waals surface area contributed by atoms with E-state index in [0.29, 0.717) is 19.0 Å². The van der Waals surface area contributed by atoms with Gasteiger partial charge in [-0.3, -0.25) is 4.79 Å². The van der Waals surface area contributed by atoms with Gasteiger partial charge in [0.1, 0.15) is 5.75 Å². The molecule has 3 rings (SSSR count). The van der Waals surface area contributed by atoms with Gasteiger partial charge in [-0.2, -0.15) is 0 Å². The number of fused-ring (bicyclic) bond motifs is 1. The van der Waals surface area contributed by atoms with Crippen LogP contribution in [0.3, 0.4) is 0 Å². The summed E-state index contributed by atoms with van der Waals surface area (Å²) in [4.78, 5) is 14.7. The largest absolute Gasteiger partial charge is 0.497 e. The van der Waals surface area contributed by atoms with E-state index in [1.54, 1.807) is 7.11 Å². The molecular formula is C21H24ClNO3. The van der Waals surface area contributed by atoms with E-state index in [0.717, 1.165) is 41.0 Å². The van der Waals surface area contributed by atoms with Crippen LogP contribution < -0.4 is 9.64 Å². The molecule has 5 heteroatoms. The van der Waals surface area contributed by atoms with Crippen LogP contribution in [0, 0.1) is 5.92 Å². The second-order valence-corrected chi connectivity index (χ2v) is 6.94. The van der Waals surface area contributed by atoms with Crippen LogP contribution in [-0.4, -0.2) is 43.6 Å². The zero-order valence-electron chi connectivity index (χ0n) is 15.0. The van der Waals surface area contributed by atoms with Crippen LogP contribution in [0.1, 0.15) is 21.5 Å². The maximum atomic E-state index is 12.7. The summed E-state index contributed by atoms with van der Waals surface area (Å²) in [6.45, 7) is 1.35. The van der Waals surface area contributed by atoms with Crippen molar-refractivity contribution in [1.29, 1.82) is 0 Å². The minimum atomic E-state index is -0.0145. The molecule has 1 N–H and O–H groups in total. The summed E-state index contributed by atoms with van der Waals surface area (Å²) in [5.74, 6) is 1.51. The lowest BCUT2D eigenvalue weighted by Crippen LogP contribution is -2.28. The Morgan fingerprint density at radius 1 is 1.19 bits per heavy atom. The van der Waals surface area contributed by atoms with Crippen molar-refractivity contribution in [3.05, 3.63) is 59.2 Å². The van der Waals surface area contributed by atoms with E-state index in [-0.39, 0.29) is 18.3 Å². The molecule has 0 aliphatic heterocycles. The van der Waals surface area contributed by atoms with Crippen molar-refractivity contribution in [1.82, 2.24) is 0 Å². The van der Waals surface area contributed by atoms with Crippen molar-refractivity contribution < 1.29 is 14.6 Å². The third-order valence-corrected chi connectivity index (χ3v) is 5.09. The molecule has 0 heterocycles. The average molecular weight is 374 g/mol. The highest BCUT2D eigenvalue weighted by Gasteiger charge is 2.30. The number of halogens is 1. The topological polar surface area (TPSA) is 49.8 Å². The van der Waals surface area contributed by atoms with Crippen LogP contribution in [0.15, 0.2) is 42.5 Å². The van der Waals surface area contributed by atoms with E-state index in [2.05, 4.69) is 17.0 Å². The van der Waals surface area contributed by atoms with Crippen molar-refractivity contribution in [2.75, 3.05) is 37.6 Å². The number of Topliss-reactive ketones (excluding diaryl/α,β-unsaturated/α-hetero) is 1. The highest BCUT2D eigenvalue weighted by atomic mass is 35.5. The van der Waals surface area contributed by atoms with E-state index >= 15 is 0 Å². The fraction of sp³-hybridized carbons (Fsp3) is 0.381. The second-order valence-electron chi connectivity index (χ2n) is 6.56. The number of alkyl halides is 1. The van der Waals surface area contributed by atoms with Gasteiger partial charge in [-0.25, -0.2) is 0 Å². The lowest BCUT2D eigenvalue weighted by Gasteiger charge is -2.23. The zero-order valence-corrected chi connectivity index (χ0v) is 15.7. The van der Waals surface area contributed by atoms with E-state index in [4.69, 9.17) is 16.3 Å². The van der Waals surface area contributed by atoms with E-state index in [1.807, 2.05) is 30.3 Å². The van der Waals surface area contributed by atoms with Gasteiger partial charge in [0.25, 0.3) is 0 Å². The average Bonchev–Trinajstić information content (AvgIpc) is 2.97. The number of ether oxygens (including phenoxy) is 1. The van der Waals surface area contributed by atoms with Gasteiger partial charge >= 0.3 is 0 Å². The molecule has 0 fully saturated rings. The number of ketones is 1. The van der Waals surface area contributed by atoms with Gasteiger partial charge in [0.2, 0.25) is 0 Å². The molecule has 26 heavy (non-hydrogen) atoms. The monoisotopic (exact) mass is 373 g/mol. The molecule has 1 aliphatic rings. The van der Waals surface area contributed by atoms with Crippen molar-refractivity contribution in [3.8, 4) is 5.75 Å². The molecule has 2 aromatic carbocycles. The molecule has 0 radical (unpaired) electrons. The number of anilines is 1. The predicted octanol–water partition coefficient (Wildman–Crippen LogP) is 3.33. The number of methoxy groups -OCH3 is 1. The number of carbonyl (C=O) groups is 1. The fourth-order valence-electron chi connectivity index (χ4n) is 3.57. The molecule has 0 aromatic heterocycles. The van der Waals surface area contributed by atoms with Crippen molar-refractivity contribution in [2.24, 2.45) is 5.92 Å². The van der Waals surface area contributed by atoms with Gasteiger partial charge in [0.05, 0.1) is 13.7 Å². The summed E-state index contributed by atoms with van der Waals surface area (Å²) in [7, 11) is 1.64. The van der Waals surface area contributed by atoms with Gasteiger partial charge in [0, 0.05) is 36.1 Å².